The van der Waals surface area contributed by atoms with Crippen LogP contribution in [0.1, 0.15) is 12.5 Å². The fourth-order valence-electron chi connectivity index (χ4n) is 1.72. The van der Waals surface area contributed by atoms with E-state index in [1.54, 1.807) is 30.5 Å². The van der Waals surface area contributed by atoms with E-state index in [4.69, 9.17) is 4.74 Å². The summed E-state index contributed by atoms with van der Waals surface area (Å²) in [4.78, 5) is 16.0. The summed E-state index contributed by atoms with van der Waals surface area (Å²) in [5.41, 5.74) is 1.27. The van der Waals surface area contributed by atoms with Gasteiger partial charge in [-0.2, -0.15) is 0 Å². The number of carbonyl (C=O) groups is 1. The lowest BCUT2D eigenvalue weighted by molar-refractivity contribution is -0.115. The molecule has 1 amide bonds. The van der Waals surface area contributed by atoms with Crippen molar-refractivity contribution in [3.8, 4) is 5.88 Å². The first kappa shape index (κ1) is 14.0. The zero-order valence-corrected chi connectivity index (χ0v) is 11.1. The molecule has 0 aliphatic rings. The van der Waals surface area contributed by atoms with Gasteiger partial charge in [0.1, 0.15) is 11.5 Å². The Morgan fingerprint density at radius 1 is 1.30 bits per heavy atom. The summed E-state index contributed by atoms with van der Waals surface area (Å²) >= 11 is 0. The first-order chi connectivity index (χ1) is 9.69. The minimum atomic E-state index is -0.319. The number of halogens is 1. The number of aromatic nitrogens is 1. The van der Waals surface area contributed by atoms with Crippen LogP contribution in [0.3, 0.4) is 0 Å². The van der Waals surface area contributed by atoms with Gasteiger partial charge in [0.2, 0.25) is 11.8 Å². The van der Waals surface area contributed by atoms with Gasteiger partial charge in [0.25, 0.3) is 0 Å². The van der Waals surface area contributed by atoms with E-state index in [0.717, 1.165) is 5.56 Å². The van der Waals surface area contributed by atoms with Crippen molar-refractivity contribution in [2.24, 2.45) is 0 Å². The van der Waals surface area contributed by atoms with Crippen molar-refractivity contribution in [1.29, 1.82) is 0 Å². The van der Waals surface area contributed by atoms with Crippen LogP contribution in [-0.4, -0.2) is 17.5 Å². The zero-order valence-electron chi connectivity index (χ0n) is 11.1. The van der Waals surface area contributed by atoms with Gasteiger partial charge in [-0.1, -0.05) is 12.1 Å². The lowest BCUT2D eigenvalue weighted by atomic mass is 10.1. The fourth-order valence-corrected chi connectivity index (χ4v) is 1.72. The van der Waals surface area contributed by atoms with E-state index in [0.29, 0.717) is 18.2 Å². The third-order valence-electron chi connectivity index (χ3n) is 2.60. The lowest BCUT2D eigenvalue weighted by Crippen LogP contribution is -2.15. The minimum Gasteiger partial charge on any atom is -0.476 e. The average molecular weight is 274 g/mol. The third kappa shape index (κ3) is 3.78. The molecule has 4 nitrogen and oxygen atoms in total. The Balaban J connectivity index is 2.02. The van der Waals surface area contributed by atoms with Gasteiger partial charge in [-0.05, 0) is 36.8 Å². The second kappa shape index (κ2) is 6.65. The predicted octanol–water partition coefficient (Wildman–Crippen LogP) is 2.80. The summed E-state index contributed by atoms with van der Waals surface area (Å²) in [5, 5.41) is 2.74. The van der Waals surface area contributed by atoms with Gasteiger partial charge >= 0.3 is 0 Å². The number of carbonyl (C=O) groups excluding carboxylic acids is 1. The van der Waals surface area contributed by atoms with E-state index in [1.807, 2.05) is 6.92 Å². The van der Waals surface area contributed by atoms with Crippen LogP contribution in [0.2, 0.25) is 0 Å². The van der Waals surface area contributed by atoms with E-state index in [2.05, 4.69) is 10.3 Å². The number of hydrogen-bond acceptors (Lipinski definition) is 3. The maximum absolute atomic E-state index is 12.8. The van der Waals surface area contributed by atoms with Crippen molar-refractivity contribution >= 4 is 11.6 Å². The van der Waals surface area contributed by atoms with Crippen LogP contribution < -0.4 is 10.1 Å². The number of rotatable bonds is 5. The number of ether oxygens (including phenoxy) is 1. The van der Waals surface area contributed by atoms with Gasteiger partial charge in [-0.15, -0.1) is 0 Å². The summed E-state index contributed by atoms with van der Waals surface area (Å²) in [6.07, 6.45) is 1.77. The predicted molar refractivity (Wildman–Crippen MR) is 74.1 cm³/mol. The molecule has 0 spiro atoms. The van der Waals surface area contributed by atoms with E-state index >= 15 is 0 Å². The van der Waals surface area contributed by atoms with Gasteiger partial charge in [0.05, 0.1) is 13.0 Å². The Labute approximate surface area is 116 Å². The number of nitrogens with one attached hydrogen (secondary N) is 1. The first-order valence-electron chi connectivity index (χ1n) is 6.31. The quantitative estimate of drug-likeness (QED) is 0.912. The number of anilines is 1. The molecular formula is C15H15FN2O2. The fraction of sp³-hybridized carbons (Fsp3) is 0.200. The van der Waals surface area contributed by atoms with Crippen LogP contribution in [0.5, 0.6) is 5.88 Å². The Morgan fingerprint density at radius 2 is 2.05 bits per heavy atom. The van der Waals surface area contributed by atoms with E-state index in [1.165, 1.54) is 12.1 Å². The number of pyridine rings is 1. The lowest BCUT2D eigenvalue weighted by Gasteiger charge is -2.10. The molecule has 0 saturated carbocycles. The highest BCUT2D eigenvalue weighted by atomic mass is 19.1. The van der Waals surface area contributed by atoms with Crippen LogP contribution >= 0.6 is 0 Å². The summed E-state index contributed by atoms with van der Waals surface area (Å²) < 4.78 is 18.1. The topological polar surface area (TPSA) is 51.2 Å². The summed E-state index contributed by atoms with van der Waals surface area (Å²) in [7, 11) is 0. The highest BCUT2D eigenvalue weighted by Crippen LogP contribution is 2.20. The van der Waals surface area contributed by atoms with Gasteiger partial charge in [-0.3, -0.25) is 4.79 Å². The molecule has 2 rings (SSSR count). The van der Waals surface area contributed by atoms with Gasteiger partial charge < -0.3 is 10.1 Å². The van der Waals surface area contributed by atoms with Crippen molar-refractivity contribution in [2.75, 3.05) is 11.9 Å². The van der Waals surface area contributed by atoms with Crippen LogP contribution in [0.15, 0.2) is 42.6 Å². The number of nitrogens with zero attached hydrogens (tertiary/aromatic N) is 1. The largest absolute Gasteiger partial charge is 0.476 e. The van der Waals surface area contributed by atoms with Crippen LogP contribution in [0.25, 0.3) is 0 Å². The molecule has 1 heterocycles. The molecule has 2 aromatic rings. The molecule has 104 valence electrons. The third-order valence-corrected chi connectivity index (χ3v) is 2.60. The Morgan fingerprint density at radius 3 is 2.75 bits per heavy atom. The Hall–Kier alpha value is -2.43. The van der Waals surface area contributed by atoms with Crippen molar-refractivity contribution < 1.29 is 13.9 Å². The molecule has 0 atom stereocenters. The molecule has 1 aromatic heterocycles. The molecule has 0 unspecified atom stereocenters. The van der Waals surface area contributed by atoms with Crippen LogP contribution in [0.4, 0.5) is 10.1 Å². The molecule has 0 saturated heterocycles. The van der Waals surface area contributed by atoms with E-state index < -0.39 is 0 Å². The SMILES string of the molecule is CCOc1ncccc1NC(=O)Cc1ccc(F)cc1. The summed E-state index contributed by atoms with van der Waals surface area (Å²) in [6.45, 7) is 2.32. The zero-order chi connectivity index (χ0) is 14.4. The standard InChI is InChI=1S/C15H15FN2O2/c1-2-20-15-13(4-3-9-17-15)18-14(19)10-11-5-7-12(16)8-6-11/h3-9H,2,10H2,1H3,(H,18,19). The maximum atomic E-state index is 12.8. The highest BCUT2D eigenvalue weighted by Gasteiger charge is 2.09. The normalized spacial score (nSPS) is 10.1. The molecule has 0 fully saturated rings. The number of hydrogen-bond donors (Lipinski definition) is 1. The van der Waals surface area contributed by atoms with E-state index in [-0.39, 0.29) is 18.1 Å². The Bertz CT molecular complexity index is 585. The molecule has 5 heteroatoms. The smallest absolute Gasteiger partial charge is 0.237 e. The molecule has 0 aliphatic heterocycles. The van der Waals surface area contributed by atoms with Gasteiger partial charge in [-0.25, -0.2) is 9.37 Å². The number of amides is 1. The summed E-state index contributed by atoms with van der Waals surface area (Å²) in [6, 6.07) is 9.27. The molecule has 0 bridgehead atoms. The molecule has 0 aliphatic carbocycles. The molecule has 1 N–H and O–H groups in total. The minimum absolute atomic E-state index is 0.167. The van der Waals surface area contributed by atoms with Crippen LogP contribution in [0, 0.1) is 5.82 Å². The van der Waals surface area contributed by atoms with Gasteiger partial charge in [0.15, 0.2) is 0 Å². The number of benzene rings is 1. The highest BCUT2D eigenvalue weighted by molar-refractivity contribution is 5.93. The Kier molecular flexibility index (Phi) is 4.65. The van der Waals surface area contributed by atoms with E-state index in [9.17, 15) is 9.18 Å². The molecule has 20 heavy (non-hydrogen) atoms. The molecule has 1 aromatic carbocycles. The first-order valence-corrected chi connectivity index (χ1v) is 6.31. The van der Waals surface area contributed by atoms with Crippen molar-refractivity contribution in [2.45, 2.75) is 13.3 Å². The van der Waals surface area contributed by atoms with Gasteiger partial charge in [0, 0.05) is 6.20 Å². The second-order valence-corrected chi connectivity index (χ2v) is 4.14. The van der Waals surface area contributed by atoms with Crippen LogP contribution in [-0.2, 0) is 11.2 Å². The monoisotopic (exact) mass is 274 g/mol. The maximum Gasteiger partial charge on any atom is 0.237 e. The van der Waals surface area contributed by atoms with Crippen molar-refractivity contribution in [3.63, 3.8) is 0 Å². The second-order valence-electron chi connectivity index (χ2n) is 4.14. The van der Waals surface area contributed by atoms with Crippen molar-refractivity contribution in [3.05, 3.63) is 54.0 Å². The molecule has 0 radical (unpaired) electrons. The average Bonchev–Trinajstić information content (AvgIpc) is 2.44. The molecular weight excluding hydrogens is 259 g/mol. The van der Waals surface area contributed by atoms with Crippen molar-refractivity contribution in [1.82, 2.24) is 4.98 Å². The summed E-state index contributed by atoms with van der Waals surface area (Å²) in [5.74, 6) is -0.131.